The summed E-state index contributed by atoms with van der Waals surface area (Å²) in [5, 5.41) is 0. The first-order valence-corrected chi connectivity index (χ1v) is 6.97. The van der Waals surface area contributed by atoms with Gasteiger partial charge in [0, 0.05) is 35.5 Å². The van der Waals surface area contributed by atoms with Crippen LogP contribution in [0.4, 0.5) is 0 Å². The minimum atomic E-state index is 0.162. The Hall–Kier alpha value is -0.920. The lowest BCUT2D eigenvalue weighted by molar-refractivity contribution is 0.504. The van der Waals surface area contributed by atoms with E-state index >= 15 is 0 Å². The van der Waals surface area contributed by atoms with E-state index in [1.54, 1.807) is 0 Å². The Morgan fingerprint density at radius 2 is 2.22 bits per heavy atom. The second-order valence-electron chi connectivity index (χ2n) is 4.23. The summed E-state index contributed by atoms with van der Waals surface area (Å²) < 4.78 is 3.28. The van der Waals surface area contributed by atoms with Gasteiger partial charge in [0.1, 0.15) is 5.82 Å². The predicted molar refractivity (Wildman–Crippen MR) is 80.8 cm³/mol. The minimum Gasteiger partial charge on any atom is -0.338 e. The smallest absolute Gasteiger partial charge is 0.108 e. The van der Waals surface area contributed by atoms with Crippen LogP contribution in [-0.4, -0.2) is 9.55 Å². The molecule has 0 radical (unpaired) electrons. The Morgan fingerprint density at radius 1 is 1.44 bits per heavy atom. The van der Waals surface area contributed by atoms with E-state index in [4.69, 9.17) is 5.84 Å². The SMILES string of the molecule is Cn1ccnc1CCC(NN)c1ccccc1I. The Bertz CT molecular complexity index is 509. The molecule has 2 rings (SSSR count). The number of nitrogens with zero attached hydrogens (tertiary/aromatic N) is 2. The highest BCUT2D eigenvalue weighted by Gasteiger charge is 2.13. The van der Waals surface area contributed by atoms with Crippen LogP contribution in [0.5, 0.6) is 0 Å². The van der Waals surface area contributed by atoms with Gasteiger partial charge in [0.25, 0.3) is 0 Å². The molecule has 18 heavy (non-hydrogen) atoms. The van der Waals surface area contributed by atoms with Gasteiger partial charge < -0.3 is 4.57 Å². The van der Waals surface area contributed by atoms with Crippen LogP contribution in [0.1, 0.15) is 23.9 Å². The summed E-state index contributed by atoms with van der Waals surface area (Å²) >= 11 is 2.34. The summed E-state index contributed by atoms with van der Waals surface area (Å²) in [4.78, 5) is 4.33. The maximum Gasteiger partial charge on any atom is 0.108 e. The maximum atomic E-state index is 5.67. The van der Waals surface area contributed by atoms with Gasteiger partial charge in [0.2, 0.25) is 0 Å². The molecule has 1 aromatic carbocycles. The van der Waals surface area contributed by atoms with Gasteiger partial charge in [-0.15, -0.1) is 0 Å². The van der Waals surface area contributed by atoms with E-state index in [2.05, 4.69) is 45.1 Å². The lowest BCUT2D eigenvalue weighted by Crippen LogP contribution is -2.29. The normalized spacial score (nSPS) is 12.6. The van der Waals surface area contributed by atoms with E-state index in [1.807, 2.05) is 36.1 Å². The third-order valence-electron chi connectivity index (χ3n) is 3.06. The number of hydrogen-bond donors (Lipinski definition) is 2. The van der Waals surface area contributed by atoms with E-state index in [0.717, 1.165) is 18.7 Å². The van der Waals surface area contributed by atoms with Crippen molar-refractivity contribution in [2.45, 2.75) is 18.9 Å². The van der Waals surface area contributed by atoms with Crippen molar-refractivity contribution in [1.82, 2.24) is 15.0 Å². The number of benzene rings is 1. The average Bonchev–Trinajstić information content (AvgIpc) is 2.78. The third-order valence-corrected chi connectivity index (χ3v) is 4.04. The summed E-state index contributed by atoms with van der Waals surface area (Å²) in [5.41, 5.74) is 4.14. The van der Waals surface area contributed by atoms with E-state index < -0.39 is 0 Å². The van der Waals surface area contributed by atoms with Gasteiger partial charge in [-0.25, -0.2) is 4.98 Å². The Balaban J connectivity index is 2.07. The first-order valence-electron chi connectivity index (χ1n) is 5.89. The molecule has 0 fully saturated rings. The number of rotatable bonds is 5. The Labute approximate surface area is 121 Å². The second-order valence-corrected chi connectivity index (χ2v) is 5.40. The minimum absolute atomic E-state index is 0.162. The van der Waals surface area contributed by atoms with Crippen molar-refractivity contribution in [3.63, 3.8) is 0 Å². The third kappa shape index (κ3) is 3.09. The molecule has 0 saturated heterocycles. The number of hydrogen-bond acceptors (Lipinski definition) is 3. The predicted octanol–water partition coefficient (Wildman–Crippen LogP) is 2.16. The van der Waals surface area contributed by atoms with Crippen LogP contribution in [0, 0.1) is 3.57 Å². The van der Waals surface area contributed by atoms with Gasteiger partial charge >= 0.3 is 0 Å². The van der Waals surface area contributed by atoms with Gasteiger partial charge in [0.05, 0.1) is 0 Å². The number of nitrogens with one attached hydrogen (secondary N) is 1. The van der Waals surface area contributed by atoms with Crippen LogP contribution in [0.2, 0.25) is 0 Å². The van der Waals surface area contributed by atoms with Crippen LogP contribution < -0.4 is 11.3 Å². The van der Waals surface area contributed by atoms with Crippen molar-refractivity contribution < 1.29 is 0 Å². The van der Waals surface area contributed by atoms with Crippen LogP contribution in [0.3, 0.4) is 0 Å². The molecule has 1 unspecified atom stereocenters. The summed E-state index contributed by atoms with van der Waals surface area (Å²) in [6, 6.07) is 8.46. The lowest BCUT2D eigenvalue weighted by Gasteiger charge is -2.17. The van der Waals surface area contributed by atoms with Crippen LogP contribution in [-0.2, 0) is 13.5 Å². The lowest BCUT2D eigenvalue weighted by atomic mass is 10.0. The highest BCUT2D eigenvalue weighted by atomic mass is 127. The molecule has 0 amide bonds. The molecule has 3 N–H and O–H groups in total. The van der Waals surface area contributed by atoms with Gasteiger partial charge in [-0.2, -0.15) is 0 Å². The number of nitrogens with two attached hydrogens (primary N) is 1. The molecule has 0 aliphatic rings. The van der Waals surface area contributed by atoms with E-state index in [-0.39, 0.29) is 6.04 Å². The number of aryl methyl sites for hydroxylation is 2. The number of halogens is 1. The highest BCUT2D eigenvalue weighted by Crippen LogP contribution is 2.23. The molecule has 5 heteroatoms. The average molecular weight is 356 g/mol. The quantitative estimate of drug-likeness (QED) is 0.491. The zero-order valence-electron chi connectivity index (χ0n) is 10.3. The summed E-state index contributed by atoms with van der Waals surface area (Å²) in [5.74, 6) is 6.76. The largest absolute Gasteiger partial charge is 0.338 e. The molecule has 1 atom stereocenters. The molecule has 96 valence electrons. The monoisotopic (exact) mass is 356 g/mol. The van der Waals surface area contributed by atoms with Crippen molar-refractivity contribution in [2.24, 2.45) is 12.9 Å². The molecular formula is C13H17IN4. The van der Waals surface area contributed by atoms with E-state index in [1.165, 1.54) is 9.13 Å². The van der Waals surface area contributed by atoms with E-state index in [0.29, 0.717) is 0 Å². The standard InChI is InChI=1S/C13H17IN4/c1-18-9-8-16-13(18)7-6-12(17-15)10-4-2-3-5-11(10)14/h2-5,8-9,12,17H,6-7,15H2,1H3. The molecule has 0 saturated carbocycles. The molecule has 1 aromatic heterocycles. The van der Waals surface area contributed by atoms with Crippen LogP contribution in [0.25, 0.3) is 0 Å². The maximum absolute atomic E-state index is 5.67. The van der Waals surface area contributed by atoms with Gasteiger partial charge in [-0.1, -0.05) is 18.2 Å². The first-order chi connectivity index (χ1) is 8.72. The zero-order valence-corrected chi connectivity index (χ0v) is 12.5. The summed E-state index contributed by atoms with van der Waals surface area (Å²) in [6.45, 7) is 0. The summed E-state index contributed by atoms with van der Waals surface area (Å²) in [6.07, 6.45) is 5.63. The van der Waals surface area contributed by atoms with Crippen LogP contribution >= 0.6 is 22.6 Å². The topological polar surface area (TPSA) is 55.9 Å². The van der Waals surface area contributed by atoms with Crippen LogP contribution in [0.15, 0.2) is 36.7 Å². The molecular weight excluding hydrogens is 339 g/mol. The van der Waals surface area contributed by atoms with Gasteiger partial charge in [-0.05, 0) is 40.6 Å². The second kappa shape index (κ2) is 6.31. The molecule has 1 heterocycles. The number of hydrazine groups is 1. The van der Waals surface area contributed by atoms with Crippen molar-refractivity contribution >= 4 is 22.6 Å². The highest BCUT2D eigenvalue weighted by molar-refractivity contribution is 14.1. The van der Waals surface area contributed by atoms with E-state index in [9.17, 15) is 0 Å². The summed E-state index contributed by atoms with van der Waals surface area (Å²) in [7, 11) is 2.01. The Morgan fingerprint density at radius 3 is 2.83 bits per heavy atom. The number of aromatic nitrogens is 2. The number of imidazole rings is 1. The van der Waals surface area contributed by atoms with Crippen molar-refractivity contribution in [1.29, 1.82) is 0 Å². The van der Waals surface area contributed by atoms with Gasteiger partial charge in [-0.3, -0.25) is 11.3 Å². The first kappa shape index (κ1) is 13.5. The fourth-order valence-corrected chi connectivity index (χ4v) is 2.76. The van der Waals surface area contributed by atoms with Crippen molar-refractivity contribution in [2.75, 3.05) is 0 Å². The molecule has 0 spiro atoms. The molecule has 4 nitrogen and oxygen atoms in total. The molecule has 0 aliphatic heterocycles. The Kier molecular flexibility index (Phi) is 4.73. The van der Waals surface area contributed by atoms with Crippen molar-refractivity contribution in [3.05, 3.63) is 51.6 Å². The van der Waals surface area contributed by atoms with Gasteiger partial charge in [0.15, 0.2) is 0 Å². The fraction of sp³-hybridized carbons (Fsp3) is 0.308. The zero-order chi connectivity index (χ0) is 13.0. The fourth-order valence-electron chi connectivity index (χ4n) is 2.00. The molecule has 0 aliphatic carbocycles. The molecule has 0 bridgehead atoms. The molecule has 2 aromatic rings. The van der Waals surface area contributed by atoms with Crippen molar-refractivity contribution in [3.8, 4) is 0 Å².